The SMILES string of the molecule is O=C(CCCNC(=O)c1ccc(Cl)cc1)Nc1cnc2ccccc2c1. The molecule has 0 bridgehead atoms. The van der Waals surface area contributed by atoms with Crippen LogP contribution in [-0.2, 0) is 4.79 Å². The summed E-state index contributed by atoms with van der Waals surface area (Å²) in [4.78, 5) is 28.3. The van der Waals surface area contributed by atoms with Crippen LogP contribution < -0.4 is 10.6 Å². The summed E-state index contributed by atoms with van der Waals surface area (Å²) in [5, 5.41) is 7.18. The lowest BCUT2D eigenvalue weighted by molar-refractivity contribution is -0.116. The van der Waals surface area contributed by atoms with Gasteiger partial charge in [0.05, 0.1) is 17.4 Å². The first kappa shape index (κ1) is 17.9. The Balaban J connectivity index is 1.43. The second-order valence-electron chi connectivity index (χ2n) is 5.83. The average Bonchev–Trinajstić information content (AvgIpc) is 2.65. The zero-order valence-electron chi connectivity index (χ0n) is 14.0. The second-order valence-corrected chi connectivity index (χ2v) is 6.27. The van der Waals surface area contributed by atoms with Crippen LogP contribution in [0.1, 0.15) is 23.2 Å². The topological polar surface area (TPSA) is 71.1 Å². The Kier molecular flexibility index (Phi) is 5.81. The summed E-state index contributed by atoms with van der Waals surface area (Å²) in [5.74, 6) is -0.288. The Morgan fingerprint density at radius 1 is 1.04 bits per heavy atom. The van der Waals surface area contributed by atoms with Crippen LogP contribution in [0.3, 0.4) is 0 Å². The monoisotopic (exact) mass is 367 g/mol. The molecule has 6 heteroatoms. The zero-order valence-corrected chi connectivity index (χ0v) is 14.8. The third-order valence-electron chi connectivity index (χ3n) is 3.85. The smallest absolute Gasteiger partial charge is 0.251 e. The van der Waals surface area contributed by atoms with Crippen molar-refractivity contribution in [1.82, 2.24) is 10.3 Å². The number of hydrogen-bond donors (Lipinski definition) is 2. The summed E-state index contributed by atoms with van der Waals surface area (Å²) >= 11 is 5.80. The van der Waals surface area contributed by atoms with Crippen molar-refractivity contribution in [2.75, 3.05) is 11.9 Å². The molecule has 3 rings (SSSR count). The van der Waals surface area contributed by atoms with Gasteiger partial charge in [-0.15, -0.1) is 0 Å². The summed E-state index contributed by atoms with van der Waals surface area (Å²) in [7, 11) is 0. The van der Waals surface area contributed by atoms with E-state index in [2.05, 4.69) is 15.6 Å². The molecule has 0 aliphatic carbocycles. The number of pyridine rings is 1. The highest BCUT2D eigenvalue weighted by Crippen LogP contribution is 2.16. The lowest BCUT2D eigenvalue weighted by atomic mass is 10.2. The number of hydrogen-bond acceptors (Lipinski definition) is 3. The summed E-state index contributed by atoms with van der Waals surface area (Å²) < 4.78 is 0. The van der Waals surface area contributed by atoms with Gasteiger partial charge in [-0.25, -0.2) is 0 Å². The quantitative estimate of drug-likeness (QED) is 0.646. The van der Waals surface area contributed by atoms with Crippen molar-refractivity contribution in [3.63, 3.8) is 0 Å². The molecule has 2 amide bonds. The minimum Gasteiger partial charge on any atom is -0.352 e. The summed E-state index contributed by atoms with van der Waals surface area (Å²) in [6.45, 7) is 0.421. The minimum absolute atomic E-state index is 0.108. The summed E-state index contributed by atoms with van der Waals surface area (Å²) in [6, 6.07) is 16.3. The van der Waals surface area contributed by atoms with E-state index >= 15 is 0 Å². The van der Waals surface area contributed by atoms with Crippen molar-refractivity contribution in [2.45, 2.75) is 12.8 Å². The van der Waals surface area contributed by atoms with E-state index in [0.717, 1.165) is 10.9 Å². The third kappa shape index (κ3) is 4.80. The Morgan fingerprint density at radius 2 is 1.81 bits per heavy atom. The van der Waals surface area contributed by atoms with E-state index in [-0.39, 0.29) is 11.8 Å². The number of aromatic nitrogens is 1. The molecule has 0 fully saturated rings. The fourth-order valence-corrected chi connectivity index (χ4v) is 2.64. The molecular weight excluding hydrogens is 350 g/mol. The van der Waals surface area contributed by atoms with E-state index in [1.165, 1.54) is 0 Å². The van der Waals surface area contributed by atoms with Crippen LogP contribution in [0.5, 0.6) is 0 Å². The van der Waals surface area contributed by atoms with Gasteiger partial charge in [-0.05, 0) is 42.8 Å². The molecule has 0 unspecified atom stereocenters. The second kappa shape index (κ2) is 8.45. The predicted octanol–water partition coefficient (Wildman–Crippen LogP) is 4.04. The third-order valence-corrected chi connectivity index (χ3v) is 4.10. The van der Waals surface area contributed by atoms with Crippen LogP contribution in [0.25, 0.3) is 10.9 Å². The fraction of sp³-hybridized carbons (Fsp3) is 0.150. The van der Waals surface area contributed by atoms with Gasteiger partial charge in [-0.2, -0.15) is 0 Å². The van der Waals surface area contributed by atoms with Gasteiger partial charge in [0, 0.05) is 28.9 Å². The lowest BCUT2D eigenvalue weighted by Crippen LogP contribution is -2.25. The highest BCUT2D eigenvalue weighted by molar-refractivity contribution is 6.30. The van der Waals surface area contributed by atoms with Gasteiger partial charge in [0.15, 0.2) is 0 Å². The van der Waals surface area contributed by atoms with Gasteiger partial charge in [-0.1, -0.05) is 29.8 Å². The van der Waals surface area contributed by atoms with Crippen LogP contribution in [-0.4, -0.2) is 23.3 Å². The van der Waals surface area contributed by atoms with E-state index in [1.807, 2.05) is 30.3 Å². The van der Waals surface area contributed by atoms with Crippen LogP contribution in [0.4, 0.5) is 5.69 Å². The largest absolute Gasteiger partial charge is 0.352 e. The van der Waals surface area contributed by atoms with Crippen molar-refractivity contribution < 1.29 is 9.59 Å². The first-order valence-corrected chi connectivity index (χ1v) is 8.68. The van der Waals surface area contributed by atoms with Crippen molar-refractivity contribution >= 4 is 40.0 Å². The number of rotatable bonds is 6. The van der Waals surface area contributed by atoms with Gasteiger partial charge in [0.25, 0.3) is 5.91 Å². The maximum Gasteiger partial charge on any atom is 0.251 e. The van der Waals surface area contributed by atoms with E-state index in [1.54, 1.807) is 30.5 Å². The van der Waals surface area contributed by atoms with Crippen LogP contribution in [0, 0.1) is 0 Å². The van der Waals surface area contributed by atoms with E-state index in [9.17, 15) is 9.59 Å². The first-order valence-electron chi connectivity index (χ1n) is 8.30. The average molecular weight is 368 g/mol. The number of halogens is 1. The molecule has 0 aliphatic rings. The molecule has 5 nitrogen and oxygen atoms in total. The van der Waals surface area contributed by atoms with E-state index in [0.29, 0.717) is 35.7 Å². The molecule has 0 aliphatic heterocycles. The number of fused-ring (bicyclic) bond motifs is 1. The molecule has 1 aromatic heterocycles. The number of amides is 2. The van der Waals surface area contributed by atoms with Crippen molar-refractivity contribution in [1.29, 1.82) is 0 Å². The molecule has 26 heavy (non-hydrogen) atoms. The van der Waals surface area contributed by atoms with E-state index < -0.39 is 0 Å². The number of para-hydroxylation sites is 1. The van der Waals surface area contributed by atoms with E-state index in [4.69, 9.17) is 11.6 Å². The number of benzene rings is 2. The van der Waals surface area contributed by atoms with Crippen molar-refractivity contribution in [3.05, 3.63) is 71.4 Å². The number of carbonyl (C=O) groups excluding carboxylic acids is 2. The molecule has 0 saturated carbocycles. The van der Waals surface area contributed by atoms with Crippen molar-refractivity contribution in [3.8, 4) is 0 Å². The maximum absolute atomic E-state index is 12.0. The molecule has 132 valence electrons. The van der Waals surface area contributed by atoms with Crippen LogP contribution in [0.2, 0.25) is 5.02 Å². The molecule has 0 spiro atoms. The normalized spacial score (nSPS) is 10.5. The van der Waals surface area contributed by atoms with Crippen molar-refractivity contribution in [2.24, 2.45) is 0 Å². The Morgan fingerprint density at radius 3 is 2.62 bits per heavy atom. The molecule has 0 atom stereocenters. The highest BCUT2D eigenvalue weighted by Gasteiger charge is 2.07. The Labute approximate surface area is 156 Å². The number of nitrogens with zero attached hydrogens (tertiary/aromatic N) is 1. The van der Waals surface area contributed by atoms with Crippen LogP contribution in [0.15, 0.2) is 60.8 Å². The summed E-state index contributed by atoms with van der Waals surface area (Å²) in [5.41, 5.74) is 2.09. The van der Waals surface area contributed by atoms with Crippen LogP contribution >= 0.6 is 11.6 Å². The number of anilines is 1. The highest BCUT2D eigenvalue weighted by atomic mass is 35.5. The number of carbonyl (C=O) groups is 2. The van der Waals surface area contributed by atoms with Gasteiger partial charge in [-0.3, -0.25) is 14.6 Å². The molecule has 2 N–H and O–H groups in total. The van der Waals surface area contributed by atoms with Gasteiger partial charge in [0.2, 0.25) is 5.91 Å². The maximum atomic E-state index is 12.0. The molecule has 1 heterocycles. The zero-order chi connectivity index (χ0) is 18.4. The fourth-order valence-electron chi connectivity index (χ4n) is 2.52. The lowest BCUT2D eigenvalue weighted by Gasteiger charge is -2.07. The molecule has 0 radical (unpaired) electrons. The molecule has 3 aromatic rings. The minimum atomic E-state index is -0.180. The van der Waals surface area contributed by atoms with Gasteiger partial charge in [0.1, 0.15) is 0 Å². The molecule has 2 aromatic carbocycles. The Hall–Kier alpha value is -2.92. The van der Waals surface area contributed by atoms with Gasteiger partial charge < -0.3 is 10.6 Å². The van der Waals surface area contributed by atoms with Gasteiger partial charge >= 0.3 is 0 Å². The predicted molar refractivity (Wildman–Crippen MR) is 103 cm³/mol. The molecular formula is C20H18ClN3O2. The molecule has 0 saturated heterocycles. The first-order chi connectivity index (χ1) is 12.6. The Bertz CT molecular complexity index is 926. The standard InChI is InChI=1S/C20H18ClN3O2/c21-16-9-7-14(8-10-16)20(26)22-11-3-6-19(25)24-17-12-15-4-1-2-5-18(15)23-13-17/h1-2,4-5,7-10,12-13H,3,6,11H2,(H,22,26)(H,24,25). The number of nitrogens with one attached hydrogen (secondary N) is 2. The summed E-state index contributed by atoms with van der Waals surface area (Å²) in [6.07, 6.45) is 2.50.